The Morgan fingerprint density at radius 3 is 2.75 bits per heavy atom. The molecule has 104 valence electrons. The molecule has 0 saturated carbocycles. The maximum absolute atomic E-state index is 13.3. The van der Waals surface area contributed by atoms with E-state index in [2.05, 4.69) is 30.6 Å². The fraction of sp³-hybridized carbons (Fsp3) is 0.312. The Bertz CT molecular complexity index is 599. The normalized spacial score (nSPS) is 12.3. The number of benzene rings is 1. The first-order chi connectivity index (χ1) is 9.61. The standard InChI is InChI=1S/C16H17FN2S/c1-11(2)16(15-4-3-7-20-15)19-10-12-5-6-14(17)13(8-12)9-18/h3-8,11,16,19H,10H2,1-2H3. The van der Waals surface area contributed by atoms with E-state index in [9.17, 15) is 4.39 Å². The van der Waals surface area contributed by atoms with Crippen LogP contribution >= 0.6 is 11.3 Å². The lowest BCUT2D eigenvalue weighted by Crippen LogP contribution is -2.24. The van der Waals surface area contributed by atoms with E-state index in [-0.39, 0.29) is 11.6 Å². The molecule has 2 rings (SSSR count). The minimum absolute atomic E-state index is 0.0986. The molecule has 0 aliphatic rings. The summed E-state index contributed by atoms with van der Waals surface area (Å²) in [5.41, 5.74) is 1.02. The molecule has 2 nitrogen and oxygen atoms in total. The minimum Gasteiger partial charge on any atom is -0.305 e. The first-order valence-corrected chi connectivity index (χ1v) is 7.45. The zero-order valence-electron chi connectivity index (χ0n) is 11.6. The zero-order chi connectivity index (χ0) is 14.5. The second-order valence-corrected chi connectivity index (χ2v) is 6.02. The summed E-state index contributed by atoms with van der Waals surface area (Å²) in [6, 6.07) is 11.0. The molecule has 0 spiro atoms. The van der Waals surface area contributed by atoms with Crippen LogP contribution in [0.1, 0.15) is 35.9 Å². The van der Waals surface area contributed by atoms with Gasteiger partial charge in [-0.1, -0.05) is 26.0 Å². The number of hydrogen-bond acceptors (Lipinski definition) is 3. The van der Waals surface area contributed by atoms with Gasteiger partial charge in [0.25, 0.3) is 0 Å². The highest BCUT2D eigenvalue weighted by Crippen LogP contribution is 2.26. The van der Waals surface area contributed by atoms with E-state index < -0.39 is 5.82 Å². The number of rotatable bonds is 5. The molecule has 0 aliphatic heterocycles. The Balaban J connectivity index is 2.09. The molecule has 1 heterocycles. The van der Waals surface area contributed by atoms with E-state index in [1.165, 1.54) is 10.9 Å². The van der Waals surface area contributed by atoms with Gasteiger partial charge in [-0.25, -0.2) is 4.39 Å². The summed E-state index contributed by atoms with van der Waals surface area (Å²) in [7, 11) is 0. The lowest BCUT2D eigenvalue weighted by atomic mass is 10.0. The second-order valence-electron chi connectivity index (χ2n) is 5.04. The Kier molecular flexibility index (Phi) is 4.89. The molecule has 1 unspecified atom stereocenters. The lowest BCUT2D eigenvalue weighted by Gasteiger charge is -2.21. The van der Waals surface area contributed by atoms with Crippen LogP contribution in [0.4, 0.5) is 4.39 Å². The van der Waals surface area contributed by atoms with Crippen LogP contribution in [0, 0.1) is 23.1 Å². The smallest absolute Gasteiger partial charge is 0.140 e. The average molecular weight is 288 g/mol. The largest absolute Gasteiger partial charge is 0.305 e. The van der Waals surface area contributed by atoms with Crippen LogP contribution in [0.3, 0.4) is 0 Å². The van der Waals surface area contributed by atoms with Crippen molar-refractivity contribution in [2.75, 3.05) is 0 Å². The summed E-state index contributed by atoms with van der Waals surface area (Å²) in [5.74, 6) is -0.000507. The van der Waals surface area contributed by atoms with E-state index in [1.807, 2.05) is 12.1 Å². The molecular weight excluding hydrogens is 271 g/mol. The summed E-state index contributed by atoms with van der Waals surface area (Å²) < 4.78 is 13.3. The highest BCUT2D eigenvalue weighted by atomic mass is 32.1. The van der Waals surface area contributed by atoms with Crippen LogP contribution in [-0.2, 0) is 6.54 Å². The summed E-state index contributed by atoms with van der Waals surface area (Å²) >= 11 is 1.73. The van der Waals surface area contributed by atoms with Crippen LogP contribution in [0.25, 0.3) is 0 Å². The predicted molar refractivity (Wildman–Crippen MR) is 79.9 cm³/mol. The molecule has 2 aromatic rings. The fourth-order valence-corrected chi connectivity index (χ4v) is 3.10. The number of halogens is 1. The van der Waals surface area contributed by atoms with E-state index >= 15 is 0 Å². The van der Waals surface area contributed by atoms with Gasteiger partial charge in [-0.3, -0.25) is 0 Å². The Morgan fingerprint density at radius 2 is 2.15 bits per heavy atom. The van der Waals surface area contributed by atoms with Gasteiger partial charge in [0.2, 0.25) is 0 Å². The third kappa shape index (κ3) is 3.44. The van der Waals surface area contributed by atoms with E-state index in [0.717, 1.165) is 5.56 Å². The Labute approximate surface area is 122 Å². The maximum Gasteiger partial charge on any atom is 0.140 e. The van der Waals surface area contributed by atoms with Crippen molar-refractivity contribution in [1.29, 1.82) is 5.26 Å². The van der Waals surface area contributed by atoms with Crippen LogP contribution in [0.15, 0.2) is 35.7 Å². The molecule has 1 aromatic carbocycles. The molecule has 0 fully saturated rings. The Hall–Kier alpha value is -1.70. The van der Waals surface area contributed by atoms with E-state index in [1.54, 1.807) is 23.5 Å². The number of thiophene rings is 1. The number of hydrogen-bond donors (Lipinski definition) is 1. The number of nitrogens with one attached hydrogen (secondary N) is 1. The minimum atomic E-state index is -0.463. The van der Waals surface area contributed by atoms with Crippen molar-refractivity contribution in [1.82, 2.24) is 5.32 Å². The van der Waals surface area contributed by atoms with Crippen molar-refractivity contribution in [3.8, 4) is 6.07 Å². The molecule has 1 N–H and O–H groups in total. The van der Waals surface area contributed by atoms with Crippen molar-refractivity contribution in [3.63, 3.8) is 0 Å². The highest BCUT2D eigenvalue weighted by Gasteiger charge is 2.16. The van der Waals surface area contributed by atoms with E-state index in [0.29, 0.717) is 12.5 Å². The van der Waals surface area contributed by atoms with Gasteiger partial charge in [-0.05, 0) is 35.1 Å². The summed E-state index contributed by atoms with van der Waals surface area (Å²) in [6.07, 6.45) is 0. The van der Waals surface area contributed by atoms with Gasteiger partial charge in [0.05, 0.1) is 5.56 Å². The van der Waals surface area contributed by atoms with Gasteiger partial charge in [0.1, 0.15) is 11.9 Å². The maximum atomic E-state index is 13.3. The van der Waals surface area contributed by atoms with Gasteiger partial charge in [0.15, 0.2) is 0 Å². The van der Waals surface area contributed by atoms with Crippen molar-refractivity contribution < 1.29 is 4.39 Å². The Morgan fingerprint density at radius 1 is 1.35 bits per heavy atom. The van der Waals surface area contributed by atoms with Crippen molar-refractivity contribution >= 4 is 11.3 Å². The van der Waals surface area contributed by atoms with Crippen molar-refractivity contribution in [2.45, 2.75) is 26.4 Å². The van der Waals surface area contributed by atoms with Gasteiger partial charge >= 0.3 is 0 Å². The third-order valence-electron chi connectivity index (χ3n) is 3.19. The molecule has 1 aromatic heterocycles. The predicted octanol–water partition coefficient (Wildman–Crippen LogP) is 4.25. The summed E-state index contributed by atoms with van der Waals surface area (Å²) in [5, 5.41) is 14.4. The van der Waals surface area contributed by atoms with E-state index in [4.69, 9.17) is 5.26 Å². The molecule has 1 atom stereocenters. The molecule has 0 bridgehead atoms. The molecular formula is C16H17FN2S. The highest BCUT2D eigenvalue weighted by molar-refractivity contribution is 7.10. The number of nitrogens with zero attached hydrogens (tertiary/aromatic N) is 1. The van der Waals surface area contributed by atoms with Crippen LogP contribution in [0.2, 0.25) is 0 Å². The SMILES string of the molecule is CC(C)C(NCc1ccc(F)c(C#N)c1)c1cccs1. The van der Waals surface area contributed by atoms with Crippen LogP contribution < -0.4 is 5.32 Å². The van der Waals surface area contributed by atoms with Gasteiger partial charge in [-0.2, -0.15) is 5.26 Å². The second kappa shape index (κ2) is 6.65. The van der Waals surface area contributed by atoms with Crippen molar-refractivity contribution in [2.24, 2.45) is 5.92 Å². The topological polar surface area (TPSA) is 35.8 Å². The average Bonchev–Trinajstić information content (AvgIpc) is 2.94. The fourth-order valence-electron chi connectivity index (χ4n) is 2.13. The molecule has 4 heteroatoms. The third-order valence-corrected chi connectivity index (χ3v) is 4.15. The van der Waals surface area contributed by atoms with Crippen LogP contribution in [-0.4, -0.2) is 0 Å². The molecule has 0 radical (unpaired) electrons. The first kappa shape index (κ1) is 14.7. The quantitative estimate of drug-likeness (QED) is 0.893. The van der Waals surface area contributed by atoms with Crippen LogP contribution in [0.5, 0.6) is 0 Å². The summed E-state index contributed by atoms with van der Waals surface area (Å²) in [4.78, 5) is 1.29. The van der Waals surface area contributed by atoms with Crippen molar-refractivity contribution in [3.05, 3.63) is 57.5 Å². The molecule has 0 amide bonds. The number of nitriles is 1. The molecule has 20 heavy (non-hydrogen) atoms. The monoisotopic (exact) mass is 288 g/mol. The summed E-state index contributed by atoms with van der Waals surface area (Å²) in [6.45, 7) is 4.96. The zero-order valence-corrected chi connectivity index (χ0v) is 12.4. The lowest BCUT2D eigenvalue weighted by molar-refractivity contribution is 0.416. The first-order valence-electron chi connectivity index (χ1n) is 6.57. The van der Waals surface area contributed by atoms with Gasteiger partial charge < -0.3 is 5.32 Å². The molecule has 0 saturated heterocycles. The van der Waals surface area contributed by atoms with Gasteiger partial charge in [0, 0.05) is 17.5 Å². The molecule has 0 aliphatic carbocycles. The van der Waals surface area contributed by atoms with Gasteiger partial charge in [-0.15, -0.1) is 11.3 Å².